The Labute approximate surface area is 132 Å². The molecule has 0 saturated heterocycles. The molecule has 1 heteroatoms. The topological polar surface area (TPSA) is 12.0 Å². The molecule has 2 aliphatic rings. The largest absolute Gasteiger partial charge is 0.310 e. The van der Waals surface area contributed by atoms with Gasteiger partial charge in [0, 0.05) is 6.04 Å². The Morgan fingerprint density at radius 3 is 2.67 bits per heavy atom. The summed E-state index contributed by atoms with van der Waals surface area (Å²) in [6, 6.07) is 0.657. The fraction of sp³-hybridized carbons (Fsp3) is 0.800. The Kier molecular flexibility index (Phi) is 7.57. The van der Waals surface area contributed by atoms with E-state index in [-0.39, 0.29) is 0 Å². The fourth-order valence-corrected chi connectivity index (χ4v) is 4.07. The first-order valence-corrected chi connectivity index (χ1v) is 9.40. The smallest absolute Gasteiger partial charge is 0.0311 e. The first kappa shape index (κ1) is 16.8. The molecule has 0 radical (unpaired) electrons. The molecule has 120 valence electrons. The average Bonchev–Trinajstić information content (AvgIpc) is 2.53. The van der Waals surface area contributed by atoms with Crippen molar-refractivity contribution in [2.45, 2.75) is 84.1 Å². The molecule has 0 aliphatic heterocycles. The van der Waals surface area contributed by atoms with E-state index in [4.69, 9.17) is 0 Å². The first-order chi connectivity index (χ1) is 10.3. The van der Waals surface area contributed by atoms with Crippen molar-refractivity contribution < 1.29 is 0 Å². The zero-order chi connectivity index (χ0) is 14.9. The fourth-order valence-electron chi connectivity index (χ4n) is 4.07. The Hall–Kier alpha value is -0.560. The van der Waals surface area contributed by atoms with Gasteiger partial charge in [-0.05, 0) is 50.5 Å². The van der Waals surface area contributed by atoms with Gasteiger partial charge in [0.1, 0.15) is 0 Å². The minimum atomic E-state index is 0.657. The molecule has 1 saturated carbocycles. The highest BCUT2D eigenvalue weighted by atomic mass is 14.9. The highest BCUT2D eigenvalue weighted by Crippen LogP contribution is 2.32. The van der Waals surface area contributed by atoms with Crippen LogP contribution in [0.2, 0.25) is 0 Å². The lowest BCUT2D eigenvalue weighted by Gasteiger charge is -2.34. The highest BCUT2D eigenvalue weighted by Gasteiger charge is 2.26. The van der Waals surface area contributed by atoms with Gasteiger partial charge in [0.05, 0.1) is 0 Å². The molecular weight excluding hydrogens is 254 g/mol. The van der Waals surface area contributed by atoms with Crippen molar-refractivity contribution in [2.75, 3.05) is 6.54 Å². The van der Waals surface area contributed by atoms with E-state index in [1.54, 1.807) is 5.57 Å². The van der Waals surface area contributed by atoms with Gasteiger partial charge >= 0.3 is 0 Å². The van der Waals surface area contributed by atoms with E-state index in [1.165, 1.54) is 70.8 Å². The lowest BCUT2D eigenvalue weighted by molar-refractivity contribution is 0.283. The Morgan fingerprint density at radius 1 is 1.19 bits per heavy atom. The van der Waals surface area contributed by atoms with Crippen LogP contribution in [-0.4, -0.2) is 12.6 Å². The molecule has 0 heterocycles. The lowest BCUT2D eigenvalue weighted by atomic mass is 9.79. The maximum absolute atomic E-state index is 3.95. The van der Waals surface area contributed by atoms with Crippen molar-refractivity contribution in [3.05, 3.63) is 23.8 Å². The van der Waals surface area contributed by atoms with E-state index in [9.17, 15) is 0 Å². The molecule has 0 spiro atoms. The van der Waals surface area contributed by atoms with Crippen molar-refractivity contribution >= 4 is 0 Å². The van der Waals surface area contributed by atoms with Crippen molar-refractivity contribution in [2.24, 2.45) is 11.8 Å². The summed E-state index contributed by atoms with van der Waals surface area (Å²) in [6.45, 7) is 5.90. The van der Waals surface area contributed by atoms with Gasteiger partial charge in [-0.3, -0.25) is 0 Å². The summed E-state index contributed by atoms with van der Waals surface area (Å²) in [6.07, 6.45) is 20.7. The van der Waals surface area contributed by atoms with Crippen LogP contribution in [0.4, 0.5) is 0 Å². The van der Waals surface area contributed by atoms with Crippen LogP contribution in [0, 0.1) is 11.8 Å². The number of hydrogen-bond donors (Lipinski definition) is 1. The number of hydrogen-bond acceptors (Lipinski definition) is 1. The SMILES string of the molecule is CCCC(C)CCNC(C1=CC=CCC1)C1CCCCC1. The summed E-state index contributed by atoms with van der Waals surface area (Å²) < 4.78 is 0. The zero-order valence-electron chi connectivity index (χ0n) is 14.2. The van der Waals surface area contributed by atoms with Gasteiger partial charge in [0.2, 0.25) is 0 Å². The molecule has 1 N–H and O–H groups in total. The standard InChI is InChI=1S/C20H35N/c1-3-10-17(2)15-16-21-20(18-11-6-4-7-12-18)19-13-8-5-9-14-19/h4,6,11,17,19-21H,3,5,7-10,12-16H2,1-2H3. The third kappa shape index (κ3) is 5.62. The normalized spacial score (nSPS) is 22.9. The van der Waals surface area contributed by atoms with Crippen LogP contribution in [0.15, 0.2) is 23.8 Å². The average molecular weight is 290 g/mol. The molecule has 0 aromatic carbocycles. The molecule has 0 amide bonds. The molecule has 0 aromatic rings. The van der Waals surface area contributed by atoms with Crippen LogP contribution in [-0.2, 0) is 0 Å². The van der Waals surface area contributed by atoms with Gasteiger partial charge < -0.3 is 5.32 Å². The van der Waals surface area contributed by atoms with Gasteiger partial charge in [-0.1, -0.05) is 69.8 Å². The summed E-state index contributed by atoms with van der Waals surface area (Å²) >= 11 is 0. The number of nitrogens with one attached hydrogen (secondary N) is 1. The van der Waals surface area contributed by atoms with Crippen molar-refractivity contribution in [3.8, 4) is 0 Å². The first-order valence-electron chi connectivity index (χ1n) is 9.40. The quantitative estimate of drug-likeness (QED) is 0.611. The molecule has 2 unspecified atom stereocenters. The second kappa shape index (κ2) is 9.46. The maximum Gasteiger partial charge on any atom is 0.0311 e. The van der Waals surface area contributed by atoms with E-state index >= 15 is 0 Å². The number of allylic oxidation sites excluding steroid dienone is 3. The lowest BCUT2D eigenvalue weighted by Crippen LogP contribution is -2.40. The van der Waals surface area contributed by atoms with Crippen LogP contribution in [0.1, 0.15) is 78.1 Å². The number of rotatable bonds is 8. The van der Waals surface area contributed by atoms with Crippen LogP contribution in [0.25, 0.3) is 0 Å². The molecule has 2 atom stereocenters. The van der Waals surface area contributed by atoms with Crippen molar-refractivity contribution in [1.29, 1.82) is 0 Å². The Balaban J connectivity index is 1.88. The van der Waals surface area contributed by atoms with Crippen molar-refractivity contribution in [3.63, 3.8) is 0 Å². The molecule has 2 rings (SSSR count). The predicted octanol–water partition coefficient (Wildman–Crippen LogP) is 5.63. The molecule has 1 nitrogen and oxygen atoms in total. The van der Waals surface area contributed by atoms with Gasteiger partial charge in [-0.2, -0.15) is 0 Å². The summed E-state index contributed by atoms with van der Waals surface area (Å²) in [4.78, 5) is 0. The third-order valence-electron chi connectivity index (χ3n) is 5.35. The molecule has 2 aliphatic carbocycles. The van der Waals surface area contributed by atoms with E-state index in [0.717, 1.165) is 11.8 Å². The van der Waals surface area contributed by atoms with Gasteiger partial charge in [0.25, 0.3) is 0 Å². The van der Waals surface area contributed by atoms with Gasteiger partial charge in [0.15, 0.2) is 0 Å². The van der Waals surface area contributed by atoms with Crippen LogP contribution < -0.4 is 5.32 Å². The molecular formula is C20H35N. The third-order valence-corrected chi connectivity index (χ3v) is 5.35. The van der Waals surface area contributed by atoms with Gasteiger partial charge in [-0.25, -0.2) is 0 Å². The second-order valence-corrected chi connectivity index (χ2v) is 7.22. The Bertz CT molecular complexity index is 336. The Morgan fingerprint density at radius 2 is 2.00 bits per heavy atom. The van der Waals surface area contributed by atoms with Crippen molar-refractivity contribution in [1.82, 2.24) is 5.32 Å². The minimum Gasteiger partial charge on any atom is -0.310 e. The summed E-state index contributed by atoms with van der Waals surface area (Å²) in [5.41, 5.74) is 1.67. The van der Waals surface area contributed by atoms with Crippen LogP contribution >= 0.6 is 0 Å². The summed E-state index contributed by atoms with van der Waals surface area (Å²) in [7, 11) is 0. The monoisotopic (exact) mass is 289 g/mol. The summed E-state index contributed by atoms with van der Waals surface area (Å²) in [5.74, 6) is 1.76. The summed E-state index contributed by atoms with van der Waals surface area (Å²) in [5, 5.41) is 3.95. The maximum atomic E-state index is 3.95. The van der Waals surface area contributed by atoms with E-state index in [1.807, 2.05) is 0 Å². The van der Waals surface area contributed by atoms with E-state index < -0.39 is 0 Å². The minimum absolute atomic E-state index is 0.657. The van der Waals surface area contributed by atoms with Crippen LogP contribution in [0.5, 0.6) is 0 Å². The van der Waals surface area contributed by atoms with Gasteiger partial charge in [-0.15, -0.1) is 0 Å². The van der Waals surface area contributed by atoms with E-state index in [2.05, 4.69) is 37.4 Å². The highest BCUT2D eigenvalue weighted by molar-refractivity contribution is 5.23. The zero-order valence-corrected chi connectivity index (χ0v) is 14.2. The second-order valence-electron chi connectivity index (χ2n) is 7.22. The molecule has 0 bridgehead atoms. The predicted molar refractivity (Wildman–Crippen MR) is 93.5 cm³/mol. The molecule has 1 fully saturated rings. The van der Waals surface area contributed by atoms with E-state index in [0.29, 0.717) is 6.04 Å². The van der Waals surface area contributed by atoms with Crippen LogP contribution in [0.3, 0.4) is 0 Å². The molecule has 0 aromatic heterocycles. The molecule has 21 heavy (non-hydrogen) atoms.